The second-order valence-electron chi connectivity index (χ2n) is 6.74. The molecule has 1 aromatic rings. The quantitative estimate of drug-likeness (QED) is 0.862. The lowest BCUT2D eigenvalue weighted by atomic mass is 9.98. The summed E-state index contributed by atoms with van der Waals surface area (Å²) in [7, 11) is 0. The van der Waals surface area contributed by atoms with Gasteiger partial charge >= 0.3 is 0 Å². The van der Waals surface area contributed by atoms with Crippen molar-refractivity contribution in [1.29, 1.82) is 0 Å². The first-order valence-electron chi connectivity index (χ1n) is 8.70. The van der Waals surface area contributed by atoms with Crippen molar-refractivity contribution in [2.45, 2.75) is 53.4 Å². The van der Waals surface area contributed by atoms with E-state index in [1.54, 1.807) is 0 Å². The number of anilines is 2. The Morgan fingerprint density at radius 3 is 2.52 bits per heavy atom. The molecule has 4 nitrogen and oxygen atoms in total. The summed E-state index contributed by atoms with van der Waals surface area (Å²) in [4.78, 5) is 26.3. The Morgan fingerprint density at radius 1 is 1.22 bits per heavy atom. The molecule has 2 rings (SSSR count). The maximum atomic E-state index is 12.2. The van der Waals surface area contributed by atoms with E-state index in [1.807, 2.05) is 36.9 Å². The van der Waals surface area contributed by atoms with E-state index in [4.69, 9.17) is 0 Å². The molecular weight excluding hydrogens is 288 g/mol. The van der Waals surface area contributed by atoms with Crippen LogP contribution < -0.4 is 10.2 Å². The molecular formula is C19H28N2O2. The molecule has 0 saturated carbocycles. The van der Waals surface area contributed by atoms with Crippen LogP contribution in [-0.4, -0.2) is 18.4 Å². The molecule has 0 atom stereocenters. The fourth-order valence-corrected chi connectivity index (χ4v) is 3.11. The van der Waals surface area contributed by atoms with Gasteiger partial charge in [-0.1, -0.05) is 27.7 Å². The van der Waals surface area contributed by atoms with Crippen LogP contribution in [-0.2, 0) is 16.0 Å². The van der Waals surface area contributed by atoms with Gasteiger partial charge in [0.25, 0.3) is 0 Å². The molecule has 1 heterocycles. The maximum Gasteiger partial charge on any atom is 0.227 e. The highest BCUT2D eigenvalue weighted by atomic mass is 16.2. The van der Waals surface area contributed by atoms with Crippen molar-refractivity contribution in [3.63, 3.8) is 0 Å². The number of hydrogen-bond donors (Lipinski definition) is 1. The third-order valence-electron chi connectivity index (χ3n) is 4.45. The predicted molar refractivity (Wildman–Crippen MR) is 94.7 cm³/mol. The summed E-state index contributed by atoms with van der Waals surface area (Å²) < 4.78 is 0. The minimum absolute atomic E-state index is 0.0602. The van der Waals surface area contributed by atoms with Gasteiger partial charge in [-0.05, 0) is 48.9 Å². The fourth-order valence-electron chi connectivity index (χ4n) is 3.11. The van der Waals surface area contributed by atoms with Crippen molar-refractivity contribution < 1.29 is 9.59 Å². The summed E-state index contributed by atoms with van der Waals surface area (Å²) in [5.74, 6) is 0.769. The molecule has 0 spiro atoms. The molecule has 1 aromatic carbocycles. The van der Waals surface area contributed by atoms with Gasteiger partial charge in [0.05, 0.1) is 0 Å². The van der Waals surface area contributed by atoms with Crippen LogP contribution in [0.2, 0.25) is 0 Å². The number of rotatable bonds is 6. The van der Waals surface area contributed by atoms with Crippen LogP contribution in [0, 0.1) is 11.8 Å². The summed E-state index contributed by atoms with van der Waals surface area (Å²) in [6.07, 6.45) is 3.00. The van der Waals surface area contributed by atoms with Crippen LogP contribution in [0.15, 0.2) is 18.2 Å². The van der Waals surface area contributed by atoms with Gasteiger partial charge in [0.1, 0.15) is 0 Å². The summed E-state index contributed by atoms with van der Waals surface area (Å²) in [6, 6.07) is 5.90. The minimum Gasteiger partial charge on any atom is -0.326 e. The zero-order chi connectivity index (χ0) is 17.0. The average Bonchev–Trinajstić information content (AvgIpc) is 2.51. The van der Waals surface area contributed by atoms with E-state index < -0.39 is 0 Å². The van der Waals surface area contributed by atoms with Gasteiger partial charge in [0.2, 0.25) is 11.8 Å². The molecule has 23 heavy (non-hydrogen) atoms. The van der Waals surface area contributed by atoms with Gasteiger partial charge in [0, 0.05) is 30.3 Å². The lowest BCUT2D eigenvalue weighted by Crippen LogP contribution is -2.37. The third-order valence-corrected chi connectivity index (χ3v) is 4.45. The van der Waals surface area contributed by atoms with E-state index in [1.165, 1.54) is 0 Å². The van der Waals surface area contributed by atoms with Crippen LogP contribution in [0.5, 0.6) is 0 Å². The van der Waals surface area contributed by atoms with Gasteiger partial charge < -0.3 is 10.2 Å². The zero-order valence-electron chi connectivity index (χ0n) is 14.7. The maximum absolute atomic E-state index is 12.2. The molecule has 0 fully saturated rings. The first kappa shape index (κ1) is 17.5. The number of nitrogens with zero attached hydrogens (tertiary/aromatic N) is 1. The van der Waals surface area contributed by atoms with Gasteiger partial charge in [-0.25, -0.2) is 0 Å². The SMILES string of the molecule is CCC(CC)C(=O)Nc1ccc2c(c1)CCC(=O)N2CC(C)C. The van der Waals surface area contributed by atoms with Crippen molar-refractivity contribution in [2.75, 3.05) is 16.8 Å². The lowest BCUT2D eigenvalue weighted by Gasteiger charge is -2.31. The van der Waals surface area contributed by atoms with Gasteiger partial charge in [0.15, 0.2) is 0 Å². The Kier molecular flexibility index (Phi) is 5.80. The Labute approximate surface area is 139 Å². The van der Waals surface area contributed by atoms with E-state index in [2.05, 4.69) is 19.2 Å². The Bertz CT molecular complexity index is 577. The van der Waals surface area contributed by atoms with Crippen LogP contribution in [0.4, 0.5) is 11.4 Å². The van der Waals surface area contributed by atoms with Crippen molar-refractivity contribution in [1.82, 2.24) is 0 Å². The molecule has 0 saturated heterocycles. The lowest BCUT2D eigenvalue weighted by molar-refractivity contribution is -0.120. The number of carbonyl (C=O) groups is 2. The summed E-state index contributed by atoms with van der Waals surface area (Å²) in [6.45, 7) is 9.05. The second-order valence-corrected chi connectivity index (χ2v) is 6.74. The topological polar surface area (TPSA) is 49.4 Å². The Balaban J connectivity index is 2.19. The van der Waals surface area contributed by atoms with E-state index in [-0.39, 0.29) is 17.7 Å². The van der Waals surface area contributed by atoms with Crippen LogP contribution in [0.1, 0.15) is 52.5 Å². The van der Waals surface area contributed by atoms with Crippen molar-refractivity contribution >= 4 is 23.2 Å². The molecule has 0 unspecified atom stereocenters. The summed E-state index contributed by atoms with van der Waals surface area (Å²) >= 11 is 0. The molecule has 0 aliphatic carbocycles. The normalized spacial score (nSPS) is 14.3. The second kappa shape index (κ2) is 7.62. The van der Waals surface area contributed by atoms with Crippen molar-refractivity contribution in [3.8, 4) is 0 Å². The summed E-state index contributed by atoms with van der Waals surface area (Å²) in [5.41, 5.74) is 2.97. The largest absolute Gasteiger partial charge is 0.326 e. The summed E-state index contributed by atoms with van der Waals surface area (Å²) in [5, 5.41) is 3.02. The highest BCUT2D eigenvalue weighted by Gasteiger charge is 2.25. The van der Waals surface area contributed by atoms with E-state index in [0.717, 1.165) is 42.7 Å². The fraction of sp³-hybridized carbons (Fsp3) is 0.579. The van der Waals surface area contributed by atoms with Gasteiger partial charge in [-0.15, -0.1) is 0 Å². The third kappa shape index (κ3) is 4.12. The molecule has 1 aliphatic rings. The zero-order valence-corrected chi connectivity index (χ0v) is 14.7. The molecule has 0 radical (unpaired) electrons. The van der Waals surface area contributed by atoms with Gasteiger partial charge in [-0.2, -0.15) is 0 Å². The highest BCUT2D eigenvalue weighted by Crippen LogP contribution is 2.31. The molecule has 1 aliphatic heterocycles. The number of amides is 2. The van der Waals surface area contributed by atoms with Crippen LogP contribution in [0.25, 0.3) is 0 Å². The van der Waals surface area contributed by atoms with E-state index >= 15 is 0 Å². The Hall–Kier alpha value is -1.84. The predicted octanol–water partition coefficient (Wildman–Crippen LogP) is 4.00. The van der Waals surface area contributed by atoms with Crippen LogP contribution >= 0.6 is 0 Å². The monoisotopic (exact) mass is 316 g/mol. The molecule has 0 bridgehead atoms. The average molecular weight is 316 g/mol. The molecule has 2 amide bonds. The first-order valence-corrected chi connectivity index (χ1v) is 8.70. The highest BCUT2D eigenvalue weighted by molar-refractivity contribution is 5.98. The van der Waals surface area contributed by atoms with E-state index in [0.29, 0.717) is 12.3 Å². The molecule has 1 N–H and O–H groups in total. The van der Waals surface area contributed by atoms with Crippen molar-refractivity contribution in [2.24, 2.45) is 11.8 Å². The van der Waals surface area contributed by atoms with Crippen LogP contribution in [0.3, 0.4) is 0 Å². The number of benzene rings is 1. The molecule has 4 heteroatoms. The number of aryl methyl sites for hydroxylation is 1. The minimum atomic E-state index is 0.0602. The number of fused-ring (bicyclic) bond motifs is 1. The van der Waals surface area contributed by atoms with E-state index in [9.17, 15) is 9.59 Å². The molecule has 126 valence electrons. The number of nitrogens with one attached hydrogen (secondary N) is 1. The number of hydrogen-bond acceptors (Lipinski definition) is 2. The Morgan fingerprint density at radius 2 is 1.91 bits per heavy atom. The van der Waals surface area contributed by atoms with Gasteiger partial charge in [-0.3, -0.25) is 9.59 Å². The van der Waals surface area contributed by atoms with Crippen molar-refractivity contribution in [3.05, 3.63) is 23.8 Å². The smallest absolute Gasteiger partial charge is 0.227 e. The molecule has 0 aromatic heterocycles. The standard InChI is InChI=1S/C19H28N2O2/c1-5-14(6-2)19(23)20-16-8-9-17-15(11-16)7-10-18(22)21(17)12-13(3)4/h8-9,11,13-14H,5-7,10,12H2,1-4H3,(H,20,23). The first-order chi connectivity index (χ1) is 11.0. The number of carbonyl (C=O) groups excluding carboxylic acids is 2.